The minimum atomic E-state index is 0.845. The van der Waals surface area contributed by atoms with Crippen molar-refractivity contribution in [1.82, 2.24) is 15.3 Å². The third-order valence-corrected chi connectivity index (χ3v) is 1.75. The molecule has 1 aromatic rings. The van der Waals surface area contributed by atoms with Crippen LogP contribution in [0.1, 0.15) is 30.6 Å². The molecule has 1 heterocycles. The van der Waals surface area contributed by atoms with Gasteiger partial charge >= 0.3 is 0 Å². The fourth-order valence-corrected chi connectivity index (χ4v) is 1.28. The minimum absolute atomic E-state index is 0.845. The van der Waals surface area contributed by atoms with Gasteiger partial charge in [-0.1, -0.05) is 6.92 Å². The molecule has 72 valence electrons. The maximum Gasteiger partial charge on any atom is 0.125 e. The van der Waals surface area contributed by atoms with E-state index in [0.717, 1.165) is 36.7 Å². The average molecular weight is 179 g/mol. The third-order valence-electron chi connectivity index (χ3n) is 1.75. The first-order chi connectivity index (χ1) is 6.22. The molecule has 0 saturated heterocycles. The van der Waals surface area contributed by atoms with Crippen LogP contribution in [0.4, 0.5) is 0 Å². The van der Waals surface area contributed by atoms with E-state index in [9.17, 15) is 0 Å². The summed E-state index contributed by atoms with van der Waals surface area (Å²) in [6, 6.07) is 2.02. The topological polar surface area (TPSA) is 37.8 Å². The summed E-state index contributed by atoms with van der Waals surface area (Å²) < 4.78 is 0. The van der Waals surface area contributed by atoms with Gasteiger partial charge in [-0.05, 0) is 32.9 Å². The van der Waals surface area contributed by atoms with E-state index in [1.807, 2.05) is 19.9 Å². The van der Waals surface area contributed by atoms with Crippen molar-refractivity contribution in [1.29, 1.82) is 0 Å². The monoisotopic (exact) mass is 179 g/mol. The first-order valence-corrected chi connectivity index (χ1v) is 4.74. The molecular formula is C10H17N3. The second-order valence-electron chi connectivity index (χ2n) is 3.22. The number of nitrogens with zero attached hydrogens (tertiary/aromatic N) is 2. The van der Waals surface area contributed by atoms with Crippen molar-refractivity contribution in [3.8, 4) is 0 Å². The van der Waals surface area contributed by atoms with Gasteiger partial charge in [-0.2, -0.15) is 0 Å². The standard InChI is InChI=1S/C10H17N3/c1-4-5-11-7-10-6-8(2)12-9(3)13-10/h6,11H,4-5,7H2,1-3H3. The quantitative estimate of drug-likeness (QED) is 0.713. The molecule has 1 N–H and O–H groups in total. The zero-order valence-electron chi connectivity index (χ0n) is 8.59. The lowest BCUT2D eigenvalue weighted by molar-refractivity contribution is 0.660. The Kier molecular flexibility index (Phi) is 3.83. The van der Waals surface area contributed by atoms with Gasteiger partial charge in [0.2, 0.25) is 0 Å². The molecular weight excluding hydrogens is 162 g/mol. The Bertz CT molecular complexity index is 251. The van der Waals surface area contributed by atoms with Crippen LogP contribution in [-0.4, -0.2) is 16.5 Å². The molecule has 0 aliphatic carbocycles. The van der Waals surface area contributed by atoms with Crippen LogP contribution in [0, 0.1) is 13.8 Å². The van der Waals surface area contributed by atoms with Crippen LogP contribution in [0.3, 0.4) is 0 Å². The molecule has 0 radical (unpaired) electrons. The molecule has 3 nitrogen and oxygen atoms in total. The summed E-state index contributed by atoms with van der Waals surface area (Å²) in [6.45, 7) is 7.97. The number of aryl methyl sites for hydroxylation is 2. The fourth-order valence-electron chi connectivity index (χ4n) is 1.28. The second-order valence-corrected chi connectivity index (χ2v) is 3.22. The fraction of sp³-hybridized carbons (Fsp3) is 0.600. The molecule has 0 bridgehead atoms. The maximum atomic E-state index is 4.33. The van der Waals surface area contributed by atoms with Crippen molar-refractivity contribution in [3.05, 3.63) is 23.3 Å². The van der Waals surface area contributed by atoms with Crippen molar-refractivity contribution >= 4 is 0 Å². The number of nitrogens with one attached hydrogen (secondary N) is 1. The van der Waals surface area contributed by atoms with E-state index in [2.05, 4.69) is 22.2 Å². The summed E-state index contributed by atoms with van der Waals surface area (Å²) >= 11 is 0. The molecule has 0 aliphatic heterocycles. The van der Waals surface area contributed by atoms with Crippen LogP contribution in [0.2, 0.25) is 0 Å². The second kappa shape index (κ2) is 4.92. The summed E-state index contributed by atoms with van der Waals surface area (Å²) in [5, 5.41) is 3.32. The summed E-state index contributed by atoms with van der Waals surface area (Å²) in [4.78, 5) is 8.56. The van der Waals surface area contributed by atoms with E-state index in [4.69, 9.17) is 0 Å². The number of rotatable bonds is 4. The van der Waals surface area contributed by atoms with Gasteiger partial charge in [0.1, 0.15) is 5.82 Å². The highest BCUT2D eigenvalue weighted by atomic mass is 14.9. The van der Waals surface area contributed by atoms with E-state index in [-0.39, 0.29) is 0 Å². The molecule has 13 heavy (non-hydrogen) atoms. The molecule has 1 rings (SSSR count). The van der Waals surface area contributed by atoms with Crippen LogP contribution in [0.5, 0.6) is 0 Å². The SMILES string of the molecule is CCCNCc1cc(C)nc(C)n1. The Morgan fingerprint density at radius 2 is 2.08 bits per heavy atom. The lowest BCUT2D eigenvalue weighted by atomic mass is 10.3. The smallest absolute Gasteiger partial charge is 0.125 e. The largest absolute Gasteiger partial charge is 0.311 e. The van der Waals surface area contributed by atoms with E-state index in [0.29, 0.717) is 0 Å². The number of aromatic nitrogens is 2. The molecule has 0 atom stereocenters. The van der Waals surface area contributed by atoms with E-state index in [1.165, 1.54) is 0 Å². The Morgan fingerprint density at radius 1 is 1.31 bits per heavy atom. The lowest BCUT2D eigenvalue weighted by Crippen LogP contribution is -2.15. The third kappa shape index (κ3) is 3.51. The van der Waals surface area contributed by atoms with Gasteiger partial charge < -0.3 is 5.32 Å². The molecule has 1 aromatic heterocycles. The zero-order chi connectivity index (χ0) is 9.68. The van der Waals surface area contributed by atoms with Crippen molar-refractivity contribution in [2.24, 2.45) is 0 Å². The van der Waals surface area contributed by atoms with Gasteiger partial charge in [0.15, 0.2) is 0 Å². The highest BCUT2D eigenvalue weighted by Crippen LogP contribution is 1.99. The Hall–Kier alpha value is -0.960. The molecule has 3 heteroatoms. The Balaban J connectivity index is 2.56. The van der Waals surface area contributed by atoms with Gasteiger partial charge in [0.05, 0.1) is 5.69 Å². The van der Waals surface area contributed by atoms with E-state index >= 15 is 0 Å². The van der Waals surface area contributed by atoms with Crippen LogP contribution >= 0.6 is 0 Å². The number of hydrogen-bond acceptors (Lipinski definition) is 3. The van der Waals surface area contributed by atoms with Crippen molar-refractivity contribution in [2.45, 2.75) is 33.7 Å². The predicted molar refractivity (Wildman–Crippen MR) is 53.5 cm³/mol. The first kappa shape index (κ1) is 10.1. The van der Waals surface area contributed by atoms with Crippen LogP contribution in [0.15, 0.2) is 6.07 Å². The highest BCUT2D eigenvalue weighted by molar-refractivity contribution is 5.09. The molecule has 0 spiro atoms. The van der Waals surface area contributed by atoms with Gasteiger partial charge in [-0.3, -0.25) is 0 Å². The molecule has 0 aromatic carbocycles. The first-order valence-electron chi connectivity index (χ1n) is 4.74. The summed E-state index contributed by atoms with van der Waals surface area (Å²) in [5.74, 6) is 0.855. The normalized spacial score (nSPS) is 10.4. The Labute approximate surface area is 79.6 Å². The molecule has 0 amide bonds. The molecule has 0 saturated carbocycles. The van der Waals surface area contributed by atoms with Gasteiger partial charge in [-0.25, -0.2) is 9.97 Å². The van der Waals surface area contributed by atoms with Gasteiger partial charge in [0, 0.05) is 12.2 Å². The van der Waals surface area contributed by atoms with E-state index in [1.54, 1.807) is 0 Å². The maximum absolute atomic E-state index is 4.33. The Morgan fingerprint density at radius 3 is 2.69 bits per heavy atom. The predicted octanol–water partition coefficient (Wildman–Crippen LogP) is 1.59. The average Bonchev–Trinajstić information content (AvgIpc) is 2.03. The lowest BCUT2D eigenvalue weighted by Gasteiger charge is -2.04. The molecule has 0 unspecified atom stereocenters. The summed E-state index contributed by atoms with van der Waals surface area (Å²) in [6.07, 6.45) is 1.16. The van der Waals surface area contributed by atoms with Crippen LogP contribution in [-0.2, 0) is 6.54 Å². The van der Waals surface area contributed by atoms with E-state index < -0.39 is 0 Å². The van der Waals surface area contributed by atoms with Crippen LogP contribution in [0.25, 0.3) is 0 Å². The number of hydrogen-bond donors (Lipinski definition) is 1. The summed E-state index contributed by atoms with van der Waals surface area (Å²) in [5.41, 5.74) is 2.12. The molecule has 0 aliphatic rings. The summed E-state index contributed by atoms with van der Waals surface area (Å²) in [7, 11) is 0. The van der Waals surface area contributed by atoms with Crippen LogP contribution < -0.4 is 5.32 Å². The van der Waals surface area contributed by atoms with Crippen molar-refractivity contribution in [2.75, 3.05) is 6.54 Å². The van der Waals surface area contributed by atoms with Crippen molar-refractivity contribution in [3.63, 3.8) is 0 Å². The van der Waals surface area contributed by atoms with Crippen molar-refractivity contribution < 1.29 is 0 Å². The minimum Gasteiger partial charge on any atom is -0.311 e. The van der Waals surface area contributed by atoms with Gasteiger partial charge in [-0.15, -0.1) is 0 Å². The highest BCUT2D eigenvalue weighted by Gasteiger charge is 1.97. The molecule has 0 fully saturated rings. The van der Waals surface area contributed by atoms with Gasteiger partial charge in [0.25, 0.3) is 0 Å². The zero-order valence-corrected chi connectivity index (χ0v) is 8.59.